The van der Waals surface area contributed by atoms with E-state index in [0.717, 1.165) is 19.3 Å². The van der Waals surface area contributed by atoms with Gasteiger partial charge in [-0.15, -0.1) is 0 Å². The molecule has 2 nitrogen and oxygen atoms in total. The maximum atomic E-state index is 10.6. The maximum Gasteiger partial charge on any atom is 0.313 e. The van der Waals surface area contributed by atoms with Crippen LogP contribution in [-0.2, 0) is 13.6 Å². The Bertz CT molecular complexity index is 144. The molecule has 74 valence electrons. The predicted octanol–water partition coefficient (Wildman–Crippen LogP) is 3.47. The van der Waals surface area contributed by atoms with Crippen LogP contribution in [-0.4, -0.2) is 10.3 Å². The van der Waals surface area contributed by atoms with Crippen molar-refractivity contribution in [3.05, 3.63) is 0 Å². The number of unbranched alkanes of at least 4 members (excludes halogenated alkanes) is 5. The molecule has 1 atom stereocenters. The number of hydrogen-bond acceptors (Lipinski definition) is 1. The zero-order valence-corrected chi connectivity index (χ0v) is 9.16. The minimum Gasteiger partial charge on any atom is -0.170 e. The monoisotopic (exact) mass is 213 g/mol. The first-order chi connectivity index (χ1) is 5.56. The normalized spacial score (nSPS) is 15.9. The fourth-order valence-electron chi connectivity index (χ4n) is 1.06. The van der Waals surface area contributed by atoms with Crippen LogP contribution in [0.25, 0.3) is 0 Å². The molecule has 0 radical (unpaired) electrons. The van der Waals surface area contributed by atoms with Crippen LogP contribution in [0.5, 0.6) is 0 Å². The van der Waals surface area contributed by atoms with Gasteiger partial charge in [-0.25, -0.2) is 0 Å². The fraction of sp³-hybridized carbons (Fsp3) is 1.00. The second-order valence-corrected chi connectivity index (χ2v) is 6.01. The predicted molar refractivity (Wildman–Crippen MR) is 54.8 cm³/mol. The molecule has 0 aromatic heterocycles. The van der Waals surface area contributed by atoms with Crippen molar-refractivity contribution in [2.24, 2.45) is 0 Å². The van der Waals surface area contributed by atoms with Gasteiger partial charge in [-0.3, -0.25) is 0 Å². The number of hydrogen-bond donors (Lipinski definition) is 1. The van der Waals surface area contributed by atoms with Crippen molar-refractivity contribution in [2.45, 2.75) is 45.4 Å². The summed E-state index contributed by atoms with van der Waals surface area (Å²) >= 11 is 0. The van der Waals surface area contributed by atoms with Gasteiger partial charge in [0, 0.05) is 0 Å². The summed E-state index contributed by atoms with van der Waals surface area (Å²) in [4.78, 5) is 0. The van der Waals surface area contributed by atoms with E-state index < -0.39 is 9.43 Å². The van der Waals surface area contributed by atoms with Crippen molar-refractivity contribution in [3.8, 4) is 0 Å². The van der Waals surface area contributed by atoms with Gasteiger partial charge >= 0.3 is 9.43 Å². The van der Waals surface area contributed by atoms with E-state index in [9.17, 15) is 4.21 Å². The second-order valence-electron chi connectivity index (χ2n) is 3.03. The van der Waals surface area contributed by atoms with E-state index in [1.807, 2.05) is 0 Å². The van der Waals surface area contributed by atoms with Crippen LogP contribution in [0.4, 0.5) is 0 Å². The van der Waals surface area contributed by atoms with Crippen molar-refractivity contribution < 1.29 is 8.76 Å². The van der Waals surface area contributed by atoms with Crippen molar-refractivity contribution >= 4 is 20.1 Å². The van der Waals surface area contributed by atoms with E-state index in [-0.39, 0.29) is 5.75 Å². The zero-order chi connectivity index (χ0) is 9.45. The molecular weight excluding hydrogens is 196 g/mol. The first-order valence-corrected chi connectivity index (χ1v) is 7.01. The lowest BCUT2D eigenvalue weighted by Crippen LogP contribution is -2.04. The van der Waals surface area contributed by atoms with Gasteiger partial charge in [0.15, 0.2) is 5.75 Å². The van der Waals surface area contributed by atoms with Crippen LogP contribution < -0.4 is 0 Å². The molecule has 0 aromatic carbocycles. The van der Waals surface area contributed by atoms with Crippen LogP contribution >= 0.6 is 10.7 Å². The Balaban J connectivity index is 3.06. The summed E-state index contributed by atoms with van der Waals surface area (Å²) in [7, 11) is 2.16. The largest absolute Gasteiger partial charge is 0.313 e. The molecule has 0 aromatic rings. The smallest absolute Gasteiger partial charge is 0.170 e. The molecule has 0 rings (SSSR count). The molecule has 0 aliphatic rings. The molecule has 0 amide bonds. The minimum absolute atomic E-state index is 0.237. The third kappa shape index (κ3) is 10.4. The van der Waals surface area contributed by atoms with Crippen molar-refractivity contribution in [1.82, 2.24) is 0 Å². The summed E-state index contributed by atoms with van der Waals surface area (Å²) in [6, 6.07) is 0. The number of halogens is 1. The maximum absolute atomic E-state index is 10.6. The lowest BCUT2D eigenvalue weighted by atomic mass is 10.1. The Morgan fingerprint density at radius 2 is 1.67 bits per heavy atom. The van der Waals surface area contributed by atoms with Gasteiger partial charge in [0.1, 0.15) is 0 Å². The Morgan fingerprint density at radius 1 is 1.17 bits per heavy atom. The van der Waals surface area contributed by atoms with Crippen LogP contribution in [0.2, 0.25) is 0 Å². The average Bonchev–Trinajstić information content (AvgIpc) is 1.94. The van der Waals surface area contributed by atoms with Gasteiger partial charge in [-0.1, -0.05) is 32.6 Å². The molecule has 0 saturated heterocycles. The highest BCUT2D eigenvalue weighted by Crippen LogP contribution is 2.11. The Hall–Kier alpha value is 0.400. The molecule has 0 bridgehead atoms. The first-order valence-electron chi connectivity index (χ1n) is 4.50. The van der Waals surface area contributed by atoms with Gasteiger partial charge in [-0.2, -0.15) is 4.55 Å². The van der Waals surface area contributed by atoms with E-state index >= 15 is 0 Å². The molecule has 0 heterocycles. The summed E-state index contributed by atoms with van der Waals surface area (Å²) in [5, 5.41) is 0. The number of rotatable bonds is 7. The van der Waals surface area contributed by atoms with Gasteiger partial charge in [0.05, 0.1) is 0 Å². The average molecular weight is 214 g/mol. The quantitative estimate of drug-likeness (QED) is 0.400. The third-order valence-corrected chi connectivity index (χ3v) is 3.00. The van der Waals surface area contributed by atoms with Gasteiger partial charge in [-0.05, 0) is 17.1 Å². The van der Waals surface area contributed by atoms with Gasteiger partial charge in [0.2, 0.25) is 10.7 Å². The highest BCUT2D eigenvalue weighted by Gasteiger charge is 2.19. The first kappa shape index (κ1) is 12.4. The Kier molecular flexibility index (Phi) is 7.10. The topological polar surface area (TPSA) is 37.3 Å². The Labute approximate surface area is 80.4 Å². The summed E-state index contributed by atoms with van der Waals surface area (Å²) in [6.07, 6.45) is 6.65. The van der Waals surface area contributed by atoms with Crippen LogP contribution in [0, 0.1) is 0 Å². The van der Waals surface area contributed by atoms with Crippen LogP contribution in [0.15, 0.2) is 0 Å². The lowest BCUT2D eigenvalue weighted by molar-refractivity contribution is 0.508. The SMILES string of the molecule is CCCCCCCC[S+](=O)(O)Cl. The standard InChI is InChI=1S/C8H17ClO2S/c1-2-3-4-5-6-7-8-12(9,10)11/h2-8H2,1H3/p+1. The minimum atomic E-state index is -2.99. The van der Waals surface area contributed by atoms with Crippen molar-refractivity contribution in [2.75, 3.05) is 5.75 Å². The van der Waals surface area contributed by atoms with Crippen LogP contribution in [0.1, 0.15) is 45.4 Å². The van der Waals surface area contributed by atoms with Crippen molar-refractivity contribution in [1.29, 1.82) is 0 Å². The molecule has 1 unspecified atom stereocenters. The lowest BCUT2D eigenvalue weighted by Gasteiger charge is -1.97. The van der Waals surface area contributed by atoms with E-state index in [2.05, 4.69) is 6.92 Å². The van der Waals surface area contributed by atoms with Crippen molar-refractivity contribution in [3.63, 3.8) is 0 Å². The van der Waals surface area contributed by atoms with E-state index in [1.165, 1.54) is 19.3 Å². The highest BCUT2D eigenvalue weighted by atomic mass is 35.7. The molecule has 12 heavy (non-hydrogen) atoms. The summed E-state index contributed by atoms with van der Waals surface area (Å²) in [6.45, 7) is 2.17. The third-order valence-electron chi connectivity index (χ3n) is 1.75. The molecule has 0 fully saturated rings. The molecule has 1 N–H and O–H groups in total. The second kappa shape index (κ2) is 6.87. The summed E-state index contributed by atoms with van der Waals surface area (Å²) in [5.41, 5.74) is 0. The molecule has 0 spiro atoms. The molecular formula is C8H18ClO2S+. The van der Waals surface area contributed by atoms with Gasteiger partial charge < -0.3 is 0 Å². The Morgan fingerprint density at radius 3 is 2.17 bits per heavy atom. The van der Waals surface area contributed by atoms with E-state index in [4.69, 9.17) is 15.2 Å². The van der Waals surface area contributed by atoms with E-state index in [1.54, 1.807) is 0 Å². The molecule has 0 aliphatic carbocycles. The fourth-order valence-corrected chi connectivity index (χ4v) is 1.95. The highest BCUT2D eigenvalue weighted by molar-refractivity contribution is 8.19. The van der Waals surface area contributed by atoms with Crippen LogP contribution in [0.3, 0.4) is 0 Å². The molecule has 4 heteroatoms. The van der Waals surface area contributed by atoms with E-state index in [0.29, 0.717) is 0 Å². The summed E-state index contributed by atoms with van der Waals surface area (Å²) in [5.74, 6) is 0.237. The molecule has 0 saturated carbocycles. The summed E-state index contributed by atoms with van der Waals surface area (Å²) < 4.78 is 19.3. The molecule has 0 aliphatic heterocycles. The van der Waals surface area contributed by atoms with Gasteiger partial charge in [0.25, 0.3) is 0 Å². The zero-order valence-electron chi connectivity index (χ0n) is 7.59.